The van der Waals surface area contributed by atoms with Crippen molar-refractivity contribution in [2.24, 2.45) is 11.8 Å². The lowest BCUT2D eigenvalue weighted by molar-refractivity contribution is -0.921. The fraction of sp³-hybridized carbons (Fsp3) is 0.474. The van der Waals surface area contributed by atoms with Crippen molar-refractivity contribution in [1.82, 2.24) is 4.98 Å². The Balaban J connectivity index is 1.69. The van der Waals surface area contributed by atoms with Gasteiger partial charge < -0.3 is 9.88 Å². The van der Waals surface area contributed by atoms with E-state index < -0.39 is 0 Å². The quantitative estimate of drug-likeness (QED) is 0.692. The van der Waals surface area contributed by atoms with Crippen LogP contribution >= 0.6 is 0 Å². The van der Waals surface area contributed by atoms with Crippen molar-refractivity contribution in [3.8, 4) is 0 Å². The van der Waals surface area contributed by atoms with Crippen LogP contribution in [0.3, 0.4) is 0 Å². The first-order chi connectivity index (χ1) is 10.4. The van der Waals surface area contributed by atoms with Crippen LogP contribution in [0.5, 0.6) is 0 Å². The van der Waals surface area contributed by atoms with Gasteiger partial charge in [0, 0.05) is 29.2 Å². The predicted molar refractivity (Wildman–Crippen MR) is 85.4 cm³/mol. The van der Waals surface area contributed by atoms with Gasteiger partial charge in [-0.25, -0.2) is 0 Å². The first kappa shape index (κ1) is 12.0. The number of hydrogen-bond donors (Lipinski definition) is 2. The van der Waals surface area contributed by atoms with Crippen LogP contribution in [0.4, 0.5) is 0 Å². The highest BCUT2D eigenvalue weighted by Crippen LogP contribution is 2.41. The summed E-state index contributed by atoms with van der Waals surface area (Å²) < 4.78 is 0. The zero-order chi connectivity index (χ0) is 13.8. The van der Waals surface area contributed by atoms with Crippen molar-refractivity contribution in [2.75, 3.05) is 13.1 Å². The highest BCUT2D eigenvalue weighted by Gasteiger charge is 2.48. The van der Waals surface area contributed by atoms with Crippen LogP contribution in [-0.4, -0.2) is 18.1 Å². The van der Waals surface area contributed by atoms with E-state index >= 15 is 0 Å². The molecule has 0 amide bonds. The van der Waals surface area contributed by atoms with Crippen LogP contribution in [0.15, 0.2) is 36.4 Å². The van der Waals surface area contributed by atoms with Crippen molar-refractivity contribution in [3.05, 3.63) is 47.7 Å². The average molecular weight is 279 g/mol. The molecule has 1 saturated heterocycles. The third-order valence-electron chi connectivity index (χ3n) is 6.09. The van der Waals surface area contributed by atoms with Crippen molar-refractivity contribution in [3.63, 3.8) is 0 Å². The third kappa shape index (κ3) is 1.69. The molecular formula is C19H23N2+. The number of H-pyrrole nitrogens is 1. The summed E-state index contributed by atoms with van der Waals surface area (Å²) in [6.07, 6.45) is 10.0. The Morgan fingerprint density at radius 2 is 2.00 bits per heavy atom. The molecule has 0 radical (unpaired) electrons. The van der Waals surface area contributed by atoms with Crippen LogP contribution in [-0.2, 0) is 6.42 Å². The Labute approximate surface area is 125 Å². The van der Waals surface area contributed by atoms with Crippen LogP contribution in [0.1, 0.15) is 36.6 Å². The molecule has 2 nitrogen and oxygen atoms in total. The van der Waals surface area contributed by atoms with Crippen molar-refractivity contribution in [2.45, 2.75) is 31.7 Å². The third-order valence-corrected chi connectivity index (χ3v) is 6.09. The number of fused-ring (bicyclic) bond motifs is 7. The molecule has 3 heterocycles. The maximum Gasteiger partial charge on any atom is 0.132 e. The molecule has 1 unspecified atom stereocenters. The van der Waals surface area contributed by atoms with Crippen LogP contribution in [0.2, 0.25) is 0 Å². The van der Waals surface area contributed by atoms with Gasteiger partial charge in [-0.05, 0) is 30.9 Å². The normalized spacial score (nSPS) is 34.3. The second-order valence-electron chi connectivity index (χ2n) is 7.12. The second-order valence-corrected chi connectivity index (χ2v) is 7.12. The molecule has 1 aliphatic carbocycles. The van der Waals surface area contributed by atoms with E-state index in [2.05, 4.69) is 41.4 Å². The SMILES string of the molecule is C1=CC[C@@H]2[C@H](C1)C[NH+]1CCCc3c([nH]c4ccccc34)[C@H]21. The number of aromatic nitrogens is 1. The molecule has 1 fully saturated rings. The van der Waals surface area contributed by atoms with Crippen LogP contribution in [0.25, 0.3) is 10.9 Å². The first-order valence-corrected chi connectivity index (χ1v) is 8.51. The standard InChI is InChI=1S/C19H22N2/c1-2-7-14-13(6-1)12-21-11-5-9-16-15-8-3-4-10-17(15)20-18(16)19(14)21/h1-4,8,10,13-14,19-20H,5-7,9,11-12H2/p+1/t13-,14-,19+/m1/s1. The van der Waals surface area contributed by atoms with Gasteiger partial charge in [0.2, 0.25) is 0 Å². The van der Waals surface area contributed by atoms with Crippen molar-refractivity contribution < 1.29 is 4.90 Å². The first-order valence-electron chi connectivity index (χ1n) is 8.51. The van der Waals surface area contributed by atoms with Gasteiger partial charge in [0.15, 0.2) is 0 Å². The van der Waals surface area contributed by atoms with Gasteiger partial charge in [-0.1, -0.05) is 30.4 Å². The Hall–Kier alpha value is -1.54. The minimum absolute atomic E-state index is 0.713. The summed E-state index contributed by atoms with van der Waals surface area (Å²) in [6, 6.07) is 9.61. The predicted octanol–water partition coefficient (Wildman–Crippen LogP) is 2.64. The lowest BCUT2D eigenvalue weighted by Crippen LogP contribution is -3.10. The number of nitrogens with one attached hydrogen (secondary N) is 2. The average Bonchev–Trinajstić information content (AvgIpc) is 3.00. The molecule has 3 aliphatic rings. The number of allylic oxidation sites excluding steroid dienone is 2. The lowest BCUT2D eigenvalue weighted by Gasteiger charge is -2.24. The largest absolute Gasteiger partial charge is 0.353 e. The molecule has 4 atom stereocenters. The van der Waals surface area contributed by atoms with Gasteiger partial charge >= 0.3 is 0 Å². The zero-order valence-electron chi connectivity index (χ0n) is 12.4. The van der Waals surface area contributed by atoms with Gasteiger partial charge in [-0.15, -0.1) is 0 Å². The number of hydrogen-bond acceptors (Lipinski definition) is 0. The fourth-order valence-electron chi connectivity index (χ4n) is 5.22. The molecule has 5 rings (SSSR count). The number of para-hydroxylation sites is 1. The monoisotopic (exact) mass is 279 g/mol. The summed E-state index contributed by atoms with van der Waals surface area (Å²) >= 11 is 0. The van der Waals surface area contributed by atoms with Gasteiger partial charge in [-0.2, -0.15) is 0 Å². The Bertz CT molecular complexity index is 711. The number of aromatic amines is 1. The molecule has 0 saturated carbocycles. The van der Waals surface area contributed by atoms with E-state index in [-0.39, 0.29) is 0 Å². The van der Waals surface area contributed by atoms with E-state index in [1.54, 1.807) is 11.3 Å². The summed E-state index contributed by atoms with van der Waals surface area (Å²) in [7, 11) is 0. The summed E-state index contributed by atoms with van der Waals surface area (Å²) in [5.41, 5.74) is 4.55. The van der Waals surface area contributed by atoms with Gasteiger partial charge in [-0.3, -0.25) is 0 Å². The zero-order valence-corrected chi connectivity index (χ0v) is 12.4. The molecule has 2 aliphatic heterocycles. The Kier molecular flexibility index (Phi) is 2.57. The number of quaternary nitrogens is 1. The summed E-state index contributed by atoms with van der Waals surface area (Å²) in [4.78, 5) is 5.66. The molecule has 2 aromatic rings. The molecule has 2 heteroatoms. The highest BCUT2D eigenvalue weighted by molar-refractivity contribution is 5.84. The second kappa shape index (κ2) is 4.48. The van der Waals surface area contributed by atoms with E-state index in [0.717, 1.165) is 11.8 Å². The van der Waals surface area contributed by atoms with Crippen molar-refractivity contribution in [1.29, 1.82) is 0 Å². The molecular weight excluding hydrogens is 256 g/mol. The van der Waals surface area contributed by atoms with E-state index in [9.17, 15) is 0 Å². The summed E-state index contributed by atoms with van der Waals surface area (Å²) in [5, 5.41) is 1.48. The summed E-state index contributed by atoms with van der Waals surface area (Å²) in [6.45, 7) is 2.74. The maximum absolute atomic E-state index is 3.82. The van der Waals surface area contributed by atoms with E-state index in [1.165, 1.54) is 49.7 Å². The topological polar surface area (TPSA) is 20.2 Å². The smallest absolute Gasteiger partial charge is 0.132 e. The molecule has 21 heavy (non-hydrogen) atoms. The van der Waals surface area contributed by atoms with Crippen molar-refractivity contribution >= 4 is 10.9 Å². The Morgan fingerprint density at radius 3 is 3.00 bits per heavy atom. The molecule has 2 N–H and O–H groups in total. The molecule has 0 spiro atoms. The van der Waals surface area contributed by atoms with Gasteiger partial charge in [0.05, 0.1) is 18.8 Å². The van der Waals surface area contributed by atoms with Crippen LogP contribution in [0, 0.1) is 11.8 Å². The number of aryl methyl sites for hydroxylation is 1. The van der Waals surface area contributed by atoms with E-state index in [0.29, 0.717) is 6.04 Å². The minimum Gasteiger partial charge on any atom is -0.353 e. The minimum atomic E-state index is 0.713. The fourth-order valence-corrected chi connectivity index (χ4v) is 5.22. The lowest BCUT2D eigenvalue weighted by atomic mass is 9.80. The number of benzene rings is 1. The molecule has 0 bridgehead atoms. The molecule has 1 aromatic heterocycles. The maximum atomic E-state index is 3.82. The molecule has 108 valence electrons. The highest BCUT2D eigenvalue weighted by atomic mass is 15.2. The Morgan fingerprint density at radius 1 is 1.10 bits per heavy atom. The van der Waals surface area contributed by atoms with E-state index in [1.807, 2.05) is 4.90 Å². The number of rotatable bonds is 0. The van der Waals surface area contributed by atoms with Gasteiger partial charge in [0.1, 0.15) is 6.04 Å². The van der Waals surface area contributed by atoms with Crippen LogP contribution < -0.4 is 4.90 Å². The van der Waals surface area contributed by atoms with Gasteiger partial charge in [0.25, 0.3) is 0 Å². The summed E-state index contributed by atoms with van der Waals surface area (Å²) in [5.74, 6) is 1.77. The van der Waals surface area contributed by atoms with E-state index in [4.69, 9.17) is 0 Å². The molecule has 1 aromatic carbocycles.